The van der Waals surface area contributed by atoms with E-state index in [1.54, 1.807) is 39.0 Å². The molecule has 2 aromatic rings. The molecule has 0 spiro atoms. The van der Waals surface area contributed by atoms with Crippen LogP contribution in [-0.4, -0.2) is 34.9 Å². The van der Waals surface area contributed by atoms with Crippen molar-refractivity contribution in [2.24, 2.45) is 0 Å². The number of carbonyl (C=O) groups is 2. The van der Waals surface area contributed by atoms with E-state index in [4.69, 9.17) is 9.47 Å². The van der Waals surface area contributed by atoms with Crippen LogP contribution in [0.15, 0.2) is 18.2 Å². The number of aldehydes is 1. The van der Waals surface area contributed by atoms with E-state index >= 15 is 0 Å². The number of ether oxygens (including phenoxy) is 2. The minimum absolute atomic E-state index is 0.188. The van der Waals surface area contributed by atoms with Crippen molar-refractivity contribution in [3.05, 3.63) is 23.9 Å². The van der Waals surface area contributed by atoms with Gasteiger partial charge in [-0.05, 0) is 32.9 Å². The van der Waals surface area contributed by atoms with Crippen LogP contribution in [0.4, 0.5) is 4.79 Å². The summed E-state index contributed by atoms with van der Waals surface area (Å²) in [4.78, 5) is 23.2. The summed E-state index contributed by atoms with van der Waals surface area (Å²) < 4.78 is 11.5. The second kappa shape index (κ2) is 4.96. The molecule has 0 unspecified atom stereocenters. The lowest BCUT2D eigenvalue weighted by molar-refractivity contribution is 0.0522. The topological polar surface area (TPSA) is 70.4 Å². The number of rotatable bonds is 2. The van der Waals surface area contributed by atoms with Crippen LogP contribution in [0.2, 0.25) is 0 Å². The van der Waals surface area contributed by atoms with Gasteiger partial charge in [-0.3, -0.25) is 4.79 Å². The number of hydrogen-bond donors (Lipinski definition) is 0. The van der Waals surface area contributed by atoms with Gasteiger partial charge in [-0.25, -0.2) is 4.79 Å². The van der Waals surface area contributed by atoms with Crippen molar-refractivity contribution < 1.29 is 19.1 Å². The molecule has 0 aliphatic carbocycles. The molecule has 0 aliphatic heterocycles. The Labute approximate surface area is 116 Å². The van der Waals surface area contributed by atoms with Crippen molar-refractivity contribution in [3.63, 3.8) is 0 Å². The molecule has 0 saturated carbocycles. The average molecular weight is 276 g/mol. The zero-order valence-electron chi connectivity index (χ0n) is 11.8. The van der Waals surface area contributed by atoms with Gasteiger partial charge < -0.3 is 9.47 Å². The van der Waals surface area contributed by atoms with Crippen LogP contribution in [0.3, 0.4) is 0 Å². The minimum Gasteiger partial charge on any atom is -0.497 e. The SMILES string of the molecule is COc1ccc2c(C=O)nn(C(=O)OC(C)(C)C)c2c1. The Bertz CT molecular complexity index is 668. The van der Waals surface area contributed by atoms with Crippen molar-refractivity contribution in [1.82, 2.24) is 9.78 Å². The number of aromatic nitrogens is 2. The molecule has 0 atom stereocenters. The maximum Gasteiger partial charge on any atom is 0.435 e. The fourth-order valence-electron chi connectivity index (χ4n) is 1.78. The lowest BCUT2D eigenvalue weighted by Gasteiger charge is -2.19. The zero-order valence-corrected chi connectivity index (χ0v) is 11.8. The van der Waals surface area contributed by atoms with Gasteiger partial charge in [0.1, 0.15) is 17.0 Å². The third-order valence-corrected chi connectivity index (χ3v) is 2.59. The van der Waals surface area contributed by atoms with Gasteiger partial charge >= 0.3 is 6.09 Å². The van der Waals surface area contributed by atoms with Gasteiger partial charge in [0.05, 0.1) is 12.6 Å². The van der Waals surface area contributed by atoms with E-state index in [-0.39, 0.29) is 5.69 Å². The molecule has 1 aromatic heterocycles. The number of nitrogens with zero attached hydrogens (tertiary/aromatic N) is 2. The van der Waals surface area contributed by atoms with Crippen molar-refractivity contribution in [2.45, 2.75) is 26.4 Å². The molecule has 106 valence electrons. The van der Waals surface area contributed by atoms with E-state index in [1.807, 2.05) is 0 Å². The summed E-state index contributed by atoms with van der Waals surface area (Å²) in [6.45, 7) is 5.29. The number of benzene rings is 1. The molecule has 1 aromatic carbocycles. The van der Waals surface area contributed by atoms with E-state index in [1.165, 1.54) is 7.11 Å². The Kier molecular flexibility index (Phi) is 3.48. The second-order valence-corrected chi connectivity index (χ2v) is 5.28. The molecular weight excluding hydrogens is 260 g/mol. The highest BCUT2D eigenvalue weighted by Gasteiger charge is 2.22. The summed E-state index contributed by atoms with van der Waals surface area (Å²) in [6, 6.07) is 5.03. The monoisotopic (exact) mass is 276 g/mol. The van der Waals surface area contributed by atoms with Crippen LogP contribution in [0.1, 0.15) is 31.3 Å². The number of methoxy groups -OCH3 is 1. The van der Waals surface area contributed by atoms with E-state index in [9.17, 15) is 9.59 Å². The first-order chi connectivity index (χ1) is 9.35. The highest BCUT2D eigenvalue weighted by atomic mass is 16.6. The molecule has 0 bridgehead atoms. The molecule has 6 nitrogen and oxygen atoms in total. The normalized spacial score (nSPS) is 11.4. The number of hydrogen-bond acceptors (Lipinski definition) is 5. The second-order valence-electron chi connectivity index (χ2n) is 5.28. The first kappa shape index (κ1) is 14.0. The van der Waals surface area contributed by atoms with Crippen LogP contribution in [0.25, 0.3) is 10.9 Å². The minimum atomic E-state index is -0.643. The van der Waals surface area contributed by atoms with E-state index < -0.39 is 11.7 Å². The summed E-state index contributed by atoms with van der Waals surface area (Å²) in [5.41, 5.74) is 0.0180. The molecule has 0 radical (unpaired) electrons. The zero-order chi connectivity index (χ0) is 14.9. The van der Waals surface area contributed by atoms with E-state index in [0.717, 1.165) is 4.68 Å². The highest BCUT2D eigenvalue weighted by molar-refractivity contribution is 5.99. The quantitative estimate of drug-likeness (QED) is 0.788. The lowest BCUT2D eigenvalue weighted by Crippen LogP contribution is -2.27. The van der Waals surface area contributed by atoms with Crippen molar-refractivity contribution in [1.29, 1.82) is 0 Å². The first-order valence-electron chi connectivity index (χ1n) is 6.11. The fraction of sp³-hybridized carbons (Fsp3) is 0.357. The van der Waals surface area contributed by atoms with Crippen LogP contribution >= 0.6 is 0 Å². The number of carbonyl (C=O) groups excluding carboxylic acids is 2. The van der Waals surface area contributed by atoms with Gasteiger partial charge in [0, 0.05) is 11.5 Å². The molecule has 0 aliphatic rings. The average Bonchev–Trinajstić information content (AvgIpc) is 2.74. The van der Waals surface area contributed by atoms with Crippen LogP contribution in [-0.2, 0) is 4.74 Å². The van der Waals surface area contributed by atoms with Gasteiger partial charge in [-0.15, -0.1) is 0 Å². The highest BCUT2D eigenvalue weighted by Crippen LogP contribution is 2.24. The summed E-state index contributed by atoms with van der Waals surface area (Å²) >= 11 is 0. The summed E-state index contributed by atoms with van der Waals surface area (Å²) in [6.07, 6.45) is -0.0285. The molecule has 0 amide bonds. The van der Waals surface area contributed by atoms with Gasteiger partial charge in [0.25, 0.3) is 0 Å². The third kappa shape index (κ3) is 2.64. The Morgan fingerprint density at radius 1 is 1.35 bits per heavy atom. The predicted octanol–water partition coefficient (Wildman–Crippen LogP) is 2.64. The standard InChI is InChI=1S/C14H16N2O4/c1-14(2,3)20-13(18)16-12-7-9(19-4)5-6-10(12)11(8-17)15-16/h5-8H,1-4H3. The van der Waals surface area contributed by atoms with Crippen LogP contribution in [0, 0.1) is 0 Å². The lowest BCUT2D eigenvalue weighted by atomic mass is 10.2. The Balaban J connectivity index is 2.57. The van der Waals surface area contributed by atoms with Gasteiger partial charge in [0.2, 0.25) is 0 Å². The van der Waals surface area contributed by atoms with E-state index in [0.29, 0.717) is 22.9 Å². The Morgan fingerprint density at radius 2 is 2.05 bits per heavy atom. The van der Waals surface area contributed by atoms with Crippen LogP contribution in [0.5, 0.6) is 5.75 Å². The van der Waals surface area contributed by atoms with Crippen molar-refractivity contribution >= 4 is 23.3 Å². The Morgan fingerprint density at radius 3 is 2.60 bits per heavy atom. The van der Waals surface area contributed by atoms with Crippen molar-refractivity contribution in [3.8, 4) is 5.75 Å². The molecule has 1 heterocycles. The van der Waals surface area contributed by atoms with Gasteiger partial charge in [0.15, 0.2) is 6.29 Å². The summed E-state index contributed by atoms with van der Waals surface area (Å²) in [5, 5.41) is 4.56. The fourth-order valence-corrected chi connectivity index (χ4v) is 1.78. The first-order valence-corrected chi connectivity index (χ1v) is 6.11. The van der Waals surface area contributed by atoms with Gasteiger partial charge in [-0.1, -0.05) is 0 Å². The third-order valence-electron chi connectivity index (χ3n) is 2.59. The molecule has 0 N–H and O–H groups in total. The molecule has 0 fully saturated rings. The van der Waals surface area contributed by atoms with Gasteiger partial charge in [-0.2, -0.15) is 9.78 Å². The van der Waals surface area contributed by atoms with E-state index in [2.05, 4.69) is 5.10 Å². The predicted molar refractivity (Wildman–Crippen MR) is 73.3 cm³/mol. The summed E-state index contributed by atoms with van der Waals surface area (Å²) in [7, 11) is 1.52. The maximum atomic E-state index is 12.1. The maximum absolute atomic E-state index is 12.1. The Hall–Kier alpha value is -2.37. The molecular formula is C14H16N2O4. The number of fused-ring (bicyclic) bond motifs is 1. The smallest absolute Gasteiger partial charge is 0.435 e. The molecule has 6 heteroatoms. The molecule has 20 heavy (non-hydrogen) atoms. The summed E-state index contributed by atoms with van der Waals surface area (Å²) in [5.74, 6) is 0.569. The largest absolute Gasteiger partial charge is 0.497 e. The van der Waals surface area contributed by atoms with Crippen molar-refractivity contribution in [2.75, 3.05) is 7.11 Å². The molecule has 0 saturated heterocycles. The van der Waals surface area contributed by atoms with Crippen LogP contribution < -0.4 is 4.74 Å². The molecule has 2 rings (SSSR count).